The Hall–Kier alpha value is -1.31. The van der Waals surface area contributed by atoms with Crippen molar-refractivity contribution >= 4 is 11.6 Å². The first kappa shape index (κ1) is 13.1. The van der Waals surface area contributed by atoms with E-state index in [2.05, 4.69) is 31.2 Å². The Morgan fingerprint density at radius 1 is 1.00 bits per heavy atom. The van der Waals surface area contributed by atoms with E-state index in [9.17, 15) is 5.11 Å². The third kappa shape index (κ3) is 3.12. The van der Waals surface area contributed by atoms with Crippen LogP contribution in [0.25, 0.3) is 0 Å². The second-order valence-electron chi connectivity index (χ2n) is 4.41. The molecule has 0 heterocycles. The van der Waals surface area contributed by atoms with Crippen LogP contribution in [0.3, 0.4) is 0 Å². The average Bonchev–Trinajstić information content (AvgIpc) is 2.40. The highest BCUT2D eigenvalue weighted by molar-refractivity contribution is 6.31. The van der Waals surface area contributed by atoms with Crippen molar-refractivity contribution in [2.24, 2.45) is 0 Å². The van der Waals surface area contributed by atoms with Crippen molar-refractivity contribution in [3.8, 4) is 0 Å². The van der Waals surface area contributed by atoms with Crippen LogP contribution in [0.1, 0.15) is 29.7 Å². The molecule has 0 fully saturated rings. The fourth-order valence-corrected chi connectivity index (χ4v) is 2.25. The van der Waals surface area contributed by atoms with Crippen LogP contribution in [-0.2, 0) is 12.8 Å². The van der Waals surface area contributed by atoms with Crippen molar-refractivity contribution in [3.05, 3.63) is 70.2 Å². The Morgan fingerprint density at radius 3 is 2.22 bits per heavy atom. The molecule has 1 atom stereocenters. The Morgan fingerprint density at radius 2 is 1.61 bits per heavy atom. The average molecular weight is 261 g/mol. The summed E-state index contributed by atoms with van der Waals surface area (Å²) in [4.78, 5) is 0. The fraction of sp³-hybridized carbons (Fsp3) is 0.250. The van der Waals surface area contributed by atoms with Gasteiger partial charge in [-0.05, 0) is 29.2 Å². The predicted molar refractivity (Wildman–Crippen MR) is 75.9 cm³/mol. The molecular weight excluding hydrogens is 244 g/mol. The van der Waals surface area contributed by atoms with Crippen LogP contribution < -0.4 is 0 Å². The minimum Gasteiger partial charge on any atom is -0.388 e. The zero-order valence-electron chi connectivity index (χ0n) is 10.4. The van der Waals surface area contributed by atoms with E-state index in [1.54, 1.807) is 6.07 Å². The number of aryl methyl sites for hydroxylation is 1. The van der Waals surface area contributed by atoms with E-state index in [1.165, 1.54) is 5.56 Å². The van der Waals surface area contributed by atoms with E-state index in [1.807, 2.05) is 18.2 Å². The quantitative estimate of drug-likeness (QED) is 0.874. The highest BCUT2D eigenvalue weighted by Crippen LogP contribution is 2.25. The van der Waals surface area contributed by atoms with Gasteiger partial charge in [0.1, 0.15) is 0 Å². The van der Waals surface area contributed by atoms with Crippen LogP contribution in [-0.4, -0.2) is 5.11 Å². The lowest BCUT2D eigenvalue weighted by molar-refractivity contribution is 0.178. The van der Waals surface area contributed by atoms with E-state index in [0.717, 1.165) is 17.5 Å². The second-order valence-corrected chi connectivity index (χ2v) is 4.82. The number of hydrogen-bond acceptors (Lipinski definition) is 1. The monoisotopic (exact) mass is 260 g/mol. The third-order valence-corrected chi connectivity index (χ3v) is 3.47. The maximum Gasteiger partial charge on any atom is 0.0844 e. The van der Waals surface area contributed by atoms with Gasteiger partial charge in [-0.2, -0.15) is 0 Å². The molecular formula is C16H17ClO. The molecule has 2 rings (SSSR count). The van der Waals surface area contributed by atoms with Crippen molar-refractivity contribution in [3.63, 3.8) is 0 Å². The molecule has 0 aliphatic rings. The van der Waals surface area contributed by atoms with Crippen LogP contribution in [0, 0.1) is 0 Å². The first-order chi connectivity index (χ1) is 8.70. The van der Waals surface area contributed by atoms with Crippen LogP contribution in [0.15, 0.2) is 48.5 Å². The minimum absolute atomic E-state index is 0.550. The molecule has 0 radical (unpaired) electrons. The summed E-state index contributed by atoms with van der Waals surface area (Å²) in [5.41, 5.74) is 3.23. The van der Waals surface area contributed by atoms with Gasteiger partial charge in [-0.1, -0.05) is 61.0 Å². The van der Waals surface area contributed by atoms with Gasteiger partial charge in [0.25, 0.3) is 0 Å². The summed E-state index contributed by atoms with van der Waals surface area (Å²) in [5, 5.41) is 10.8. The smallest absolute Gasteiger partial charge is 0.0844 e. The molecule has 2 heteroatoms. The first-order valence-electron chi connectivity index (χ1n) is 6.21. The van der Waals surface area contributed by atoms with Gasteiger partial charge in [-0.25, -0.2) is 0 Å². The molecule has 2 aromatic carbocycles. The summed E-state index contributed by atoms with van der Waals surface area (Å²) in [6.45, 7) is 2.13. The van der Waals surface area contributed by atoms with Gasteiger partial charge in [-0.15, -0.1) is 0 Å². The zero-order chi connectivity index (χ0) is 13.0. The molecule has 1 N–H and O–H groups in total. The lowest BCUT2D eigenvalue weighted by atomic mass is 10.00. The van der Waals surface area contributed by atoms with Gasteiger partial charge >= 0.3 is 0 Å². The molecule has 0 saturated carbocycles. The maximum absolute atomic E-state index is 10.2. The van der Waals surface area contributed by atoms with E-state index < -0.39 is 6.10 Å². The van der Waals surface area contributed by atoms with Crippen molar-refractivity contribution in [2.75, 3.05) is 0 Å². The van der Waals surface area contributed by atoms with Crippen LogP contribution in [0.4, 0.5) is 0 Å². The third-order valence-electron chi connectivity index (χ3n) is 3.12. The molecule has 0 amide bonds. The molecule has 2 aromatic rings. The molecule has 0 spiro atoms. The number of halogens is 1. The van der Waals surface area contributed by atoms with E-state index >= 15 is 0 Å². The zero-order valence-corrected chi connectivity index (χ0v) is 11.2. The Kier molecular flexibility index (Phi) is 4.40. The lowest BCUT2D eigenvalue weighted by Crippen LogP contribution is -2.02. The summed E-state index contributed by atoms with van der Waals surface area (Å²) < 4.78 is 0. The largest absolute Gasteiger partial charge is 0.388 e. The standard InChI is InChI=1S/C16H17ClO/c1-2-12-7-9-13(10-8-12)11-16(18)14-5-3-4-6-15(14)17/h3-10,16,18H,2,11H2,1H3. The van der Waals surface area contributed by atoms with Gasteiger partial charge < -0.3 is 5.11 Å². The molecule has 18 heavy (non-hydrogen) atoms. The second kappa shape index (κ2) is 6.03. The van der Waals surface area contributed by atoms with Crippen LogP contribution in [0.5, 0.6) is 0 Å². The maximum atomic E-state index is 10.2. The fourth-order valence-electron chi connectivity index (χ4n) is 1.99. The predicted octanol–water partition coefficient (Wildman–Crippen LogP) is 4.18. The summed E-state index contributed by atoms with van der Waals surface area (Å²) in [6, 6.07) is 15.8. The number of hydrogen-bond donors (Lipinski definition) is 1. The highest BCUT2D eigenvalue weighted by atomic mass is 35.5. The molecule has 1 unspecified atom stereocenters. The summed E-state index contributed by atoms with van der Waals surface area (Å²) in [6.07, 6.45) is 1.08. The van der Waals surface area contributed by atoms with E-state index in [4.69, 9.17) is 11.6 Å². The Labute approximate surface area is 113 Å². The molecule has 1 nitrogen and oxygen atoms in total. The number of aliphatic hydroxyl groups excluding tert-OH is 1. The van der Waals surface area contributed by atoms with Gasteiger partial charge in [-0.3, -0.25) is 0 Å². The lowest BCUT2D eigenvalue weighted by Gasteiger charge is -2.13. The van der Waals surface area contributed by atoms with Crippen molar-refractivity contribution in [2.45, 2.75) is 25.9 Å². The summed E-state index contributed by atoms with van der Waals surface area (Å²) in [7, 11) is 0. The number of benzene rings is 2. The minimum atomic E-state index is -0.550. The highest BCUT2D eigenvalue weighted by Gasteiger charge is 2.11. The topological polar surface area (TPSA) is 20.2 Å². The normalized spacial score (nSPS) is 12.4. The van der Waals surface area contributed by atoms with Crippen LogP contribution in [0.2, 0.25) is 5.02 Å². The van der Waals surface area contributed by atoms with Gasteiger partial charge in [0.15, 0.2) is 0 Å². The molecule has 0 aliphatic carbocycles. The van der Waals surface area contributed by atoms with Gasteiger partial charge in [0.2, 0.25) is 0 Å². The summed E-state index contributed by atoms with van der Waals surface area (Å²) in [5.74, 6) is 0. The Bertz CT molecular complexity index is 505. The molecule has 0 saturated heterocycles. The Balaban J connectivity index is 2.11. The molecule has 0 aromatic heterocycles. The van der Waals surface area contributed by atoms with Gasteiger partial charge in [0, 0.05) is 11.4 Å². The van der Waals surface area contributed by atoms with E-state index in [0.29, 0.717) is 11.4 Å². The van der Waals surface area contributed by atoms with Crippen molar-refractivity contribution in [1.29, 1.82) is 0 Å². The molecule has 94 valence electrons. The van der Waals surface area contributed by atoms with E-state index in [-0.39, 0.29) is 0 Å². The first-order valence-corrected chi connectivity index (χ1v) is 6.59. The summed E-state index contributed by atoms with van der Waals surface area (Å²) >= 11 is 6.07. The van der Waals surface area contributed by atoms with Crippen molar-refractivity contribution in [1.82, 2.24) is 0 Å². The SMILES string of the molecule is CCc1ccc(CC(O)c2ccccc2Cl)cc1. The molecule has 0 aliphatic heterocycles. The number of rotatable bonds is 4. The van der Waals surface area contributed by atoms with Crippen molar-refractivity contribution < 1.29 is 5.11 Å². The van der Waals surface area contributed by atoms with Crippen LogP contribution >= 0.6 is 11.6 Å². The molecule has 0 bridgehead atoms. The number of aliphatic hydroxyl groups is 1. The van der Waals surface area contributed by atoms with Gasteiger partial charge in [0.05, 0.1) is 6.10 Å².